The van der Waals surface area contributed by atoms with Gasteiger partial charge in [-0.05, 0) is 30.7 Å². The van der Waals surface area contributed by atoms with Gasteiger partial charge in [-0.2, -0.15) is 5.26 Å². The van der Waals surface area contributed by atoms with Crippen LogP contribution in [0.4, 0.5) is 0 Å². The van der Waals surface area contributed by atoms with Crippen LogP contribution in [0.25, 0.3) is 6.08 Å². The summed E-state index contributed by atoms with van der Waals surface area (Å²) in [6.45, 7) is 1.82. The van der Waals surface area contributed by atoms with Crippen molar-refractivity contribution < 1.29 is 14.6 Å². The van der Waals surface area contributed by atoms with Crippen LogP contribution in [-0.2, 0) is 9.53 Å². The number of aromatic hydroxyl groups is 1. The standard InChI is InChI=1S/C12H9Cl2NO3/c1-2-18-12(17)8(6-15)3-7-4-9(13)11(16)10(14)5-7/h3-5,16H,2H2,1H3/b8-3+. The van der Waals surface area contributed by atoms with Gasteiger partial charge < -0.3 is 9.84 Å². The lowest BCUT2D eigenvalue weighted by atomic mass is 10.1. The molecule has 0 heterocycles. The third-order valence-corrected chi connectivity index (χ3v) is 2.54. The summed E-state index contributed by atoms with van der Waals surface area (Å²) in [5, 5.41) is 18.3. The van der Waals surface area contributed by atoms with Crippen molar-refractivity contribution in [2.45, 2.75) is 6.92 Å². The smallest absolute Gasteiger partial charge is 0.348 e. The van der Waals surface area contributed by atoms with Crippen LogP contribution < -0.4 is 0 Å². The fourth-order valence-electron chi connectivity index (χ4n) is 1.18. The maximum Gasteiger partial charge on any atom is 0.348 e. The van der Waals surface area contributed by atoms with Gasteiger partial charge in [-0.25, -0.2) is 4.79 Å². The molecule has 0 saturated carbocycles. The van der Waals surface area contributed by atoms with Crippen LogP contribution in [0.3, 0.4) is 0 Å². The van der Waals surface area contributed by atoms with Gasteiger partial charge in [0.15, 0.2) is 5.75 Å². The quantitative estimate of drug-likeness (QED) is 0.526. The fraction of sp³-hybridized carbons (Fsp3) is 0.167. The number of carbonyl (C=O) groups is 1. The van der Waals surface area contributed by atoms with E-state index < -0.39 is 5.97 Å². The van der Waals surface area contributed by atoms with Gasteiger partial charge in [-0.3, -0.25) is 0 Å². The zero-order valence-corrected chi connectivity index (χ0v) is 10.9. The Morgan fingerprint density at radius 3 is 2.50 bits per heavy atom. The Morgan fingerprint density at radius 1 is 1.50 bits per heavy atom. The predicted molar refractivity (Wildman–Crippen MR) is 68.3 cm³/mol. The van der Waals surface area contributed by atoms with Gasteiger partial charge in [0.1, 0.15) is 11.6 Å². The molecule has 0 bridgehead atoms. The van der Waals surface area contributed by atoms with Crippen molar-refractivity contribution >= 4 is 35.2 Å². The molecule has 0 radical (unpaired) electrons. The molecule has 0 amide bonds. The molecule has 0 fully saturated rings. The van der Waals surface area contributed by atoms with E-state index in [9.17, 15) is 9.90 Å². The molecule has 1 aromatic carbocycles. The molecular formula is C12H9Cl2NO3. The average molecular weight is 286 g/mol. The molecular weight excluding hydrogens is 277 g/mol. The number of phenolic OH excluding ortho intramolecular Hbond substituents is 1. The number of ether oxygens (including phenoxy) is 1. The first-order valence-corrected chi connectivity index (χ1v) is 5.72. The molecule has 0 aliphatic rings. The molecule has 18 heavy (non-hydrogen) atoms. The van der Waals surface area contributed by atoms with Gasteiger partial charge in [0.25, 0.3) is 0 Å². The molecule has 1 N–H and O–H groups in total. The Morgan fingerprint density at radius 2 is 2.06 bits per heavy atom. The second kappa shape index (κ2) is 6.29. The zero-order chi connectivity index (χ0) is 13.7. The van der Waals surface area contributed by atoms with E-state index in [1.54, 1.807) is 13.0 Å². The van der Waals surface area contributed by atoms with E-state index in [0.29, 0.717) is 5.56 Å². The summed E-state index contributed by atoms with van der Waals surface area (Å²) in [4.78, 5) is 11.4. The number of phenols is 1. The molecule has 0 aromatic heterocycles. The summed E-state index contributed by atoms with van der Waals surface area (Å²) in [5.41, 5.74) is 0.252. The summed E-state index contributed by atoms with van der Waals surface area (Å²) < 4.78 is 4.71. The first-order chi connectivity index (χ1) is 8.49. The normalized spacial score (nSPS) is 10.9. The second-order valence-electron chi connectivity index (χ2n) is 3.22. The van der Waals surface area contributed by atoms with Crippen LogP contribution in [-0.4, -0.2) is 17.7 Å². The summed E-state index contributed by atoms with van der Waals surface area (Å²) in [6, 6.07) is 4.50. The maximum absolute atomic E-state index is 11.4. The molecule has 94 valence electrons. The first-order valence-electron chi connectivity index (χ1n) is 4.96. The first kappa shape index (κ1) is 14.4. The van der Waals surface area contributed by atoms with E-state index >= 15 is 0 Å². The summed E-state index contributed by atoms with van der Waals surface area (Å²) >= 11 is 11.4. The summed E-state index contributed by atoms with van der Waals surface area (Å²) in [5.74, 6) is -0.967. The van der Waals surface area contributed by atoms with Crippen molar-refractivity contribution in [3.05, 3.63) is 33.3 Å². The SMILES string of the molecule is CCOC(=O)/C(C#N)=C/c1cc(Cl)c(O)c(Cl)c1. The highest BCUT2D eigenvalue weighted by molar-refractivity contribution is 6.37. The van der Waals surface area contributed by atoms with E-state index in [0.717, 1.165) is 0 Å². The summed E-state index contributed by atoms with van der Waals surface area (Å²) in [7, 11) is 0. The van der Waals surface area contributed by atoms with Crippen LogP contribution in [0, 0.1) is 11.3 Å². The molecule has 0 unspecified atom stereocenters. The molecule has 0 saturated heterocycles. The topological polar surface area (TPSA) is 70.3 Å². The van der Waals surface area contributed by atoms with Crippen molar-refractivity contribution in [2.24, 2.45) is 0 Å². The van der Waals surface area contributed by atoms with Crippen molar-refractivity contribution in [3.63, 3.8) is 0 Å². The van der Waals surface area contributed by atoms with Gasteiger partial charge in [0.2, 0.25) is 0 Å². The highest BCUT2D eigenvalue weighted by atomic mass is 35.5. The van der Waals surface area contributed by atoms with Crippen molar-refractivity contribution in [1.29, 1.82) is 5.26 Å². The van der Waals surface area contributed by atoms with Gasteiger partial charge in [-0.15, -0.1) is 0 Å². The molecule has 6 heteroatoms. The van der Waals surface area contributed by atoms with Crippen molar-refractivity contribution in [3.8, 4) is 11.8 Å². The third kappa shape index (κ3) is 3.39. The zero-order valence-electron chi connectivity index (χ0n) is 9.41. The number of hydrogen-bond donors (Lipinski definition) is 1. The lowest BCUT2D eigenvalue weighted by Crippen LogP contribution is -2.05. The Kier molecular flexibility index (Phi) is 5.02. The molecule has 1 aromatic rings. The van der Waals surface area contributed by atoms with E-state index in [1.165, 1.54) is 18.2 Å². The molecule has 1 rings (SSSR count). The van der Waals surface area contributed by atoms with E-state index in [1.807, 2.05) is 0 Å². The van der Waals surface area contributed by atoms with Gasteiger partial charge >= 0.3 is 5.97 Å². The lowest BCUT2D eigenvalue weighted by molar-refractivity contribution is -0.137. The minimum absolute atomic E-state index is 0.0369. The number of nitrogens with zero attached hydrogens (tertiary/aromatic N) is 1. The van der Waals surface area contributed by atoms with Gasteiger partial charge in [0, 0.05) is 0 Å². The minimum atomic E-state index is -0.722. The van der Waals surface area contributed by atoms with Crippen LogP contribution in [0.1, 0.15) is 12.5 Å². The van der Waals surface area contributed by atoms with Crippen molar-refractivity contribution in [2.75, 3.05) is 6.61 Å². The summed E-state index contributed by atoms with van der Waals surface area (Å²) in [6.07, 6.45) is 1.29. The van der Waals surface area contributed by atoms with Crippen molar-refractivity contribution in [1.82, 2.24) is 0 Å². The largest absolute Gasteiger partial charge is 0.505 e. The number of halogens is 2. The van der Waals surface area contributed by atoms with Crippen LogP contribution >= 0.6 is 23.2 Å². The van der Waals surface area contributed by atoms with Gasteiger partial charge in [-0.1, -0.05) is 23.2 Å². The number of rotatable bonds is 3. The highest BCUT2D eigenvalue weighted by Crippen LogP contribution is 2.33. The Bertz CT molecular complexity index is 524. The molecule has 0 atom stereocenters. The van der Waals surface area contributed by atoms with Crippen LogP contribution in [0.5, 0.6) is 5.75 Å². The molecule has 4 nitrogen and oxygen atoms in total. The monoisotopic (exact) mass is 285 g/mol. The number of benzene rings is 1. The highest BCUT2D eigenvalue weighted by Gasteiger charge is 2.11. The maximum atomic E-state index is 11.4. The van der Waals surface area contributed by atoms with Crippen LogP contribution in [0.15, 0.2) is 17.7 Å². The molecule has 0 aliphatic carbocycles. The lowest BCUT2D eigenvalue weighted by Gasteiger charge is -2.03. The van der Waals surface area contributed by atoms with E-state index in [-0.39, 0.29) is 28.0 Å². The van der Waals surface area contributed by atoms with E-state index in [2.05, 4.69) is 0 Å². The Balaban J connectivity index is 3.15. The Labute approximate surface area is 114 Å². The fourth-order valence-corrected chi connectivity index (χ4v) is 1.68. The minimum Gasteiger partial charge on any atom is -0.505 e. The Hall–Kier alpha value is -1.70. The number of nitriles is 1. The average Bonchev–Trinajstić information content (AvgIpc) is 2.33. The number of hydrogen-bond acceptors (Lipinski definition) is 4. The van der Waals surface area contributed by atoms with Crippen LogP contribution in [0.2, 0.25) is 10.0 Å². The number of esters is 1. The third-order valence-electron chi connectivity index (χ3n) is 1.97. The molecule has 0 spiro atoms. The van der Waals surface area contributed by atoms with E-state index in [4.69, 9.17) is 33.2 Å². The van der Waals surface area contributed by atoms with Gasteiger partial charge in [0.05, 0.1) is 16.7 Å². The second-order valence-corrected chi connectivity index (χ2v) is 4.04. The predicted octanol–water partition coefficient (Wildman–Crippen LogP) is 3.17. The number of carbonyl (C=O) groups excluding carboxylic acids is 1. The molecule has 0 aliphatic heterocycles.